The maximum Gasteiger partial charge on any atom is 0.133 e. The molecule has 0 aliphatic rings. The van der Waals surface area contributed by atoms with E-state index in [0.717, 1.165) is 11.1 Å². The van der Waals surface area contributed by atoms with Gasteiger partial charge >= 0.3 is 0 Å². The average Bonchev–Trinajstić information content (AvgIpc) is 2.39. The molecule has 0 fully saturated rings. The van der Waals surface area contributed by atoms with Crippen molar-refractivity contribution >= 4 is 0 Å². The van der Waals surface area contributed by atoms with Gasteiger partial charge in [0.05, 0.1) is 5.56 Å². The first-order chi connectivity index (χ1) is 9.49. The van der Waals surface area contributed by atoms with Crippen LogP contribution in [-0.2, 0) is 6.54 Å². The van der Waals surface area contributed by atoms with Crippen LogP contribution in [0.3, 0.4) is 0 Å². The molecule has 0 saturated carbocycles. The highest BCUT2D eigenvalue weighted by molar-refractivity contribution is 5.69. The van der Waals surface area contributed by atoms with Crippen molar-refractivity contribution in [3.63, 3.8) is 0 Å². The first kappa shape index (κ1) is 14.7. The lowest BCUT2D eigenvalue weighted by Crippen LogP contribution is -2.21. The van der Waals surface area contributed by atoms with E-state index in [0.29, 0.717) is 18.2 Å². The number of halogens is 2. The lowest BCUT2D eigenvalue weighted by Gasteiger charge is -2.13. The van der Waals surface area contributed by atoms with Gasteiger partial charge in [-0.2, -0.15) is 0 Å². The van der Waals surface area contributed by atoms with Crippen LogP contribution in [0.2, 0.25) is 0 Å². The van der Waals surface area contributed by atoms with Crippen LogP contribution in [0.4, 0.5) is 8.78 Å². The summed E-state index contributed by atoms with van der Waals surface area (Å²) in [5.41, 5.74) is 2.55. The van der Waals surface area contributed by atoms with Gasteiger partial charge in [-0.15, -0.1) is 0 Å². The van der Waals surface area contributed by atoms with Crippen molar-refractivity contribution in [3.8, 4) is 11.1 Å². The van der Waals surface area contributed by atoms with E-state index in [4.69, 9.17) is 0 Å². The van der Waals surface area contributed by atoms with Crippen molar-refractivity contribution in [2.75, 3.05) is 0 Å². The SMILES string of the molecule is Cc1ccc(CNC(C)C)cc1-c1c(F)cccc1F. The zero-order chi connectivity index (χ0) is 14.7. The molecule has 3 heteroatoms. The Kier molecular flexibility index (Phi) is 4.50. The Morgan fingerprint density at radius 3 is 2.30 bits per heavy atom. The van der Waals surface area contributed by atoms with Crippen LogP contribution in [0, 0.1) is 18.6 Å². The molecule has 2 rings (SSSR count). The van der Waals surface area contributed by atoms with Crippen molar-refractivity contribution < 1.29 is 8.78 Å². The highest BCUT2D eigenvalue weighted by atomic mass is 19.1. The van der Waals surface area contributed by atoms with E-state index in [1.54, 1.807) is 0 Å². The number of hydrogen-bond acceptors (Lipinski definition) is 1. The van der Waals surface area contributed by atoms with Gasteiger partial charge in [0.2, 0.25) is 0 Å². The van der Waals surface area contributed by atoms with E-state index >= 15 is 0 Å². The molecule has 0 aliphatic heterocycles. The Morgan fingerprint density at radius 1 is 1.05 bits per heavy atom. The summed E-state index contributed by atoms with van der Waals surface area (Å²) in [5.74, 6) is -1.05. The number of hydrogen-bond donors (Lipinski definition) is 1. The summed E-state index contributed by atoms with van der Waals surface area (Å²) in [4.78, 5) is 0. The molecule has 0 saturated heterocycles. The van der Waals surface area contributed by atoms with Crippen molar-refractivity contribution in [2.45, 2.75) is 33.4 Å². The minimum Gasteiger partial charge on any atom is -0.310 e. The second kappa shape index (κ2) is 6.14. The van der Waals surface area contributed by atoms with Crippen molar-refractivity contribution in [1.82, 2.24) is 5.32 Å². The summed E-state index contributed by atoms with van der Waals surface area (Å²) in [6.45, 7) is 6.67. The van der Waals surface area contributed by atoms with Crippen LogP contribution in [-0.4, -0.2) is 6.04 Å². The normalized spacial score (nSPS) is 11.1. The Morgan fingerprint density at radius 2 is 1.70 bits per heavy atom. The molecule has 20 heavy (non-hydrogen) atoms. The van der Waals surface area contributed by atoms with Crippen LogP contribution >= 0.6 is 0 Å². The van der Waals surface area contributed by atoms with Crippen molar-refractivity contribution in [2.24, 2.45) is 0 Å². The number of nitrogens with one attached hydrogen (secondary N) is 1. The molecule has 0 spiro atoms. The predicted molar refractivity (Wildman–Crippen MR) is 78.5 cm³/mol. The predicted octanol–water partition coefficient (Wildman–Crippen LogP) is 4.44. The van der Waals surface area contributed by atoms with Crippen LogP contribution in [0.15, 0.2) is 36.4 Å². The van der Waals surface area contributed by atoms with Gasteiger partial charge in [0, 0.05) is 12.6 Å². The van der Waals surface area contributed by atoms with Gasteiger partial charge in [0.1, 0.15) is 11.6 Å². The van der Waals surface area contributed by atoms with Gasteiger partial charge < -0.3 is 5.32 Å². The molecular formula is C17H19F2N. The van der Waals surface area contributed by atoms with Gasteiger partial charge in [-0.05, 0) is 41.8 Å². The van der Waals surface area contributed by atoms with Crippen molar-refractivity contribution in [1.29, 1.82) is 0 Å². The summed E-state index contributed by atoms with van der Waals surface area (Å²) in [7, 11) is 0. The molecule has 106 valence electrons. The molecule has 0 aromatic heterocycles. The van der Waals surface area contributed by atoms with Crippen LogP contribution in [0.25, 0.3) is 11.1 Å². The summed E-state index contributed by atoms with van der Waals surface area (Å²) >= 11 is 0. The quantitative estimate of drug-likeness (QED) is 0.870. The molecule has 0 atom stereocenters. The third-order valence-corrected chi connectivity index (χ3v) is 3.25. The fraction of sp³-hybridized carbons (Fsp3) is 0.294. The van der Waals surface area contributed by atoms with E-state index in [-0.39, 0.29) is 5.56 Å². The van der Waals surface area contributed by atoms with E-state index in [9.17, 15) is 8.78 Å². The van der Waals surface area contributed by atoms with Gasteiger partial charge in [-0.25, -0.2) is 8.78 Å². The number of benzene rings is 2. The van der Waals surface area contributed by atoms with Crippen molar-refractivity contribution in [3.05, 3.63) is 59.2 Å². The highest BCUT2D eigenvalue weighted by Crippen LogP contribution is 2.29. The minimum absolute atomic E-state index is 0.0522. The summed E-state index contributed by atoms with van der Waals surface area (Å²) in [6, 6.07) is 10.1. The average molecular weight is 275 g/mol. The zero-order valence-corrected chi connectivity index (χ0v) is 12.0. The summed E-state index contributed by atoms with van der Waals surface area (Å²) in [6.07, 6.45) is 0. The van der Waals surface area contributed by atoms with Gasteiger partial charge in [-0.1, -0.05) is 32.0 Å². The highest BCUT2D eigenvalue weighted by Gasteiger charge is 2.13. The monoisotopic (exact) mass is 275 g/mol. The molecule has 0 radical (unpaired) electrons. The number of rotatable bonds is 4. The first-order valence-electron chi connectivity index (χ1n) is 6.76. The summed E-state index contributed by atoms with van der Waals surface area (Å²) in [5, 5.41) is 3.30. The largest absolute Gasteiger partial charge is 0.310 e. The lowest BCUT2D eigenvalue weighted by atomic mass is 9.97. The molecule has 2 aromatic carbocycles. The third-order valence-electron chi connectivity index (χ3n) is 3.25. The Labute approximate surface area is 118 Å². The lowest BCUT2D eigenvalue weighted by molar-refractivity contribution is 0.586. The Hall–Kier alpha value is -1.74. The topological polar surface area (TPSA) is 12.0 Å². The second-order valence-corrected chi connectivity index (χ2v) is 5.28. The van der Waals surface area contributed by atoms with E-state index < -0.39 is 11.6 Å². The standard InChI is InChI=1S/C17H19F2N/c1-11(2)20-10-13-8-7-12(3)14(9-13)17-15(18)5-4-6-16(17)19/h4-9,11,20H,10H2,1-3H3. The van der Waals surface area contributed by atoms with E-state index in [1.165, 1.54) is 18.2 Å². The second-order valence-electron chi connectivity index (χ2n) is 5.28. The maximum absolute atomic E-state index is 13.9. The van der Waals surface area contributed by atoms with Crippen LogP contribution < -0.4 is 5.32 Å². The van der Waals surface area contributed by atoms with Crippen LogP contribution in [0.1, 0.15) is 25.0 Å². The molecule has 0 unspecified atom stereocenters. The smallest absolute Gasteiger partial charge is 0.133 e. The maximum atomic E-state index is 13.9. The zero-order valence-electron chi connectivity index (χ0n) is 12.0. The van der Waals surface area contributed by atoms with Gasteiger partial charge in [-0.3, -0.25) is 0 Å². The fourth-order valence-corrected chi connectivity index (χ4v) is 2.13. The van der Waals surface area contributed by atoms with Crippen LogP contribution in [0.5, 0.6) is 0 Å². The molecule has 1 N–H and O–H groups in total. The molecule has 0 aliphatic carbocycles. The fourth-order valence-electron chi connectivity index (χ4n) is 2.13. The summed E-state index contributed by atoms with van der Waals surface area (Å²) < 4.78 is 27.8. The molecule has 2 aromatic rings. The molecule has 0 bridgehead atoms. The molecular weight excluding hydrogens is 256 g/mol. The Balaban J connectivity index is 2.43. The minimum atomic E-state index is -0.526. The molecule has 0 amide bonds. The number of aryl methyl sites for hydroxylation is 1. The molecule has 1 nitrogen and oxygen atoms in total. The van der Waals surface area contributed by atoms with Gasteiger partial charge in [0.15, 0.2) is 0 Å². The van der Waals surface area contributed by atoms with E-state index in [1.807, 2.05) is 25.1 Å². The third kappa shape index (κ3) is 3.23. The Bertz CT molecular complexity index is 586. The van der Waals surface area contributed by atoms with E-state index in [2.05, 4.69) is 19.2 Å². The van der Waals surface area contributed by atoms with Gasteiger partial charge in [0.25, 0.3) is 0 Å². The molecule has 0 heterocycles. The first-order valence-corrected chi connectivity index (χ1v) is 6.76.